The first kappa shape index (κ1) is 20.0. The summed E-state index contributed by atoms with van der Waals surface area (Å²) in [6, 6.07) is 4.83. The Hall–Kier alpha value is -2.71. The van der Waals surface area contributed by atoms with Crippen molar-refractivity contribution in [3.8, 4) is 5.75 Å². The molecule has 1 aliphatic carbocycles. The number of nitrogens with one attached hydrogen (secondary N) is 2. The number of hydrogen-bond acceptors (Lipinski definition) is 4. The summed E-state index contributed by atoms with van der Waals surface area (Å²) in [5.74, 6) is -0.933. The van der Waals surface area contributed by atoms with Gasteiger partial charge in [-0.2, -0.15) is 8.78 Å². The number of nitrogens with zero attached hydrogens (tertiary/aromatic N) is 1. The van der Waals surface area contributed by atoms with Gasteiger partial charge in [0.25, 0.3) is 5.91 Å². The first-order valence-corrected chi connectivity index (χ1v) is 9.38. The van der Waals surface area contributed by atoms with Crippen molar-refractivity contribution < 1.29 is 27.9 Å². The van der Waals surface area contributed by atoms with Crippen LogP contribution in [-0.2, 0) is 9.59 Å². The van der Waals surface area contributed by atoms with Crippen LogP contribution in [0.15, 0.2) is 24.3 Å². The lowest BCUT2D eigenvalue weighted by Crippen LogP contribution is -2.47. The summed E-state index contributed by atoms with van der Waals surface area (Å²) < 4.78 is 28.6. The molecule has 152 valence electrons. The number of anilines is 1. The summed E-state index contributed by atoms with van der Waals surface area (Å²) in [7, 11) is 0. The third-order valence-corrected chi connectivity index (χ3v) is 5.12. The molecule has 2 fully saturated rings. The van der Waals surface area contributed by atoms with E-state index in [1.165, 1.54) is 24.3 Å². The molecule has 9 heteroatoms. The molecule has 1 aromatic rings. The summed E-state index contributed by atoms with van der Waals surface area (Å²) in [4.78, 5) is 38.4. The van der Waals surface area contributed by atoms with Crippen LogP contribution in [0.2, 0.25) is 0 Å². The predicted octanol–water partition coefficient (Wildman–Crippen LogP) is 3.26. The van der Waals surface area contributed by atoms with Crippen molar-refractivity contribution in [3.05, 3.63) is 24.3 Å². The molecule has 0 unspecified atom stereocenters. The van der Waals surface area contributed by atoms with Crippen molar-refractivity contribution in [3.63, 3.8) is 0 Å². The van der Waals surface area contributed by atoms with Crippen LogP contribution >= 0.6 is 0 Å². The first-order chi connectivity index (χ1) is 13.4. The highest BCUT2D eigenvalue weighted by Gasteiger charge is 2.50. The maximum Gasteiger partial charge on any atom is 0.387 e. The van der Waals surface area contributed by atoms with E-state index in [0.29, 0.717) is 18.5 Å². The van der Waals surface area contributed by atoms with Crippen LogP contribution in [0.25, 0.3) is 0 Å². The minimum absolute atomic E-state index is 0.0340. The van der Waals surface area contributed by atoms with Gasteiger partial charge in [0, 0.05) is 5.69 Å². The van der Waals surface area contributed by atoms with Crippen molar-refractivity contribution in [1.82, 2.24) is 10.2 Å². The van der Waals surface area contributed by atoms with Crippen LogP contribution in [0.5, 0.6) is 5.75 Å². The van der Waals surface area contributed by atoms with Gasteiger partial charge in [-0.15, -0.1) is 0 Å². The lowest BCUT2D eigenvalue weighted by atomic mass is 9.84. The van der Waals surface area contributed by atoms with Gasteiger partial charge in [-0.1, -0.05) is 32.1 Å². The molecular formula is C19H23F2N3O4. The molecule has 3 rings (SSSR count). The Morgan fingerprint density at radius 3 is 2.32 bits per heavy atom. The highest BCUT2D eigenvalue weighted by atomic mass is 19.3. The van der Waals surface area contributed by atoms with E-state index in [-0.39, 0.29) is 11.7 Å². The molecule has 2 aliphatic rings. The molecule has 1 aliphatic heterocycles. The number of ether oxygens (including phenoxy) is 1. The number of benzene rings is 1. The molecule has 1 aromatic carbocycles. The Morgan fingerprint density at radius 2 is 1.71 bits per heavy atom. The zero-order valence-electron chi connectivity index (χ0n) is 15.4. The number of urea groups is 1. The predicted molar refractivity (Wildman–Crippen MR) is 97.0 cm³/mol. The fourth-order valence-electron chi connectivity index (χ4n) is 3.73. The molecule has 1 heterocycles. The van der Waals surface area contributed by atoms with Crippen LogP contribution in [-0.4, -0.2) is 41.4 Å². The monoisotopic (exact) mass is 395 g/mol. The number of carbonyl (C=O) groups excluding carboxylic acids is 3. The van der Waals surface area contributed by atoms with Gasteiger partial charge in [-0.3, -0.25) is 14.5 Å². The van der Waals surface area contributed by atoms with E-state index in [1.54, 1.807) is 0 Å². The Bertz CT molecular complexity index is 731. The van der Waals surface area contributed by atoms with Gasteiger partial charge in [-0.25, -0.2) is 4.79 Å². The summed E-state index contributed by atoms with van der Waals surface area (Å²) in [6.07, 6.45) is 6.07. The smallest absolute Gasteiger partial charge is 0.387 e. The number of rotatable bonds is 5. The molecule has 7 nitrogen and oxygen atoms in total. The SMILES string of the molecule is O=C(CN1C(=O)NC2(CCCCCCC2)C1=O)Nc1ccc(OC(F)F)cc1. The molecular weight excluding hydrogens is 372 g/mol. The third kappa shape index (κ3) is 4.58. The van der Waals surface area contributed by atoms with E-state index in [4.69, 9.17) is 0 Å². The molecule has 28 heavy (non-hydrogen) atoms. The maximum absolute atomic E-state index is 12.9. The van der Waals surface area contributed by atoms with E-state index in [9.17, 15) is 23.2 Å². The Balaban J connectivity index is 1.60. The molecule has 1 spiro atoms. The number of carbonyl (C=O) groups is 3. The van der Waals surface area contributed by atoms with E-state index in [2.05, 4.69) is 15.4 Å². The lowest BCUT2D eigenvalue weighted by molar-refractivity contribution is -0.134. The van der Waals surface area contributed by atoms with Gasteiger partial charge in [-0.05, 0) is 37.1 Å². The van der Waals surface area contributed by atoms with Crippen molar-refractivity contribution in [2.24, 2.45) is 0 Å². The zero-order chi connectivity index (χ0) is 20.1. The maximum atomic E-state index is 12.9. The van der Waals surface area contributed by atoms with Crippen molar-refractivity contribution in [2.45, 2.75) is 57.1 Å². The van der Waals surface area contributed by atoms with E-state index >= 15 is 0 Å². The van der Waals surface area contributed by atoms with Crippen molar-refractivity contribution in [2.75, 3.05) is 11.9 Å². The summed E-state index contributed by atoms with van der Waals surface area (Å²) >= 11 is 0. The normalized spacial score (nSPS) is 19.3. The number of hydrogen-bond donors (Lipinski definition) is 2. The molecule has 2 N–H and O–H groups in total. The van der Waals surface area contributed by atoms with E-state index in [0.717, 1.165) is 37.0 Å². The standard InChI is InChI=1S/C19H23F2N3O4/c20-17(21)28-14-8-6-13(7-9-14)22-15(25)12-24-16(26)19(23-18(24)27)10-4-2-1-3-5-11-19/h6-9,17H,1-5,10-12H2,(H,22,25)(H,23,27). The van der Waals surface area contributed by atoms with Crippen LogP contribution in [0.3, 0.4) is 0 Å². The second-order valence-corrected chi connectivity index (χ2v) is 7.12. The van der Waals surface area contributed by atoms with Crippen LogP contribution in [0.1, 0.15) is 44.9 Å². The third-order valence-electron chi connectivity index (χ3n) is 5.12. The summed E-state index contributed by atoms with van der Waals surface area (Å²) in [5.41, 5.74) is -0.550. The lowest BCUT2D eigenvalue weighted by Gasteiger charge is -2.28. The number of imide groups is 1. The highest BCUT2D eigenvalue weighted by Crippen LogP contribution is 2.32. The Kier molecular flexibility index (Phi) is 6.11. The summed E-state index contributed by atoms with van der Waals surface area (Å²) in [5, 5.41) is 5.35. The van der Waals surface area contributed by atoms with E-state index < -0.39 is 30.6 Å². The van der Waals surface area contributed by atoms with Gasteiger partial charge in [0.05, 0.1) is 0 Å². The highest BCUT2D eigenvalue weighted by molar-refractivity contribution is 6.10. The van der Waals surface area contributed by atoms with Crippen LogP contribution in [0.4, 0.5) is 19.3 Å². The second kappa shape index (κ2) is 8.53. The van der Waals surface area contributed by atoms with Gasteiger partial charge in [0.15, 0.2) is 0 Å². The van der Waals surface area contributed by atoms with E-state index in [1.807, 2.05) is 0 Å². The fraction of sp³-hybridized carbons (Fsp3) is 0.526. The average molecular weight is 395 g/mol. The van der Waals surface area contributed by atoms with Gasteiger partial charge >= 0.3 is 12.6 Å². The number of alkyl halides is 2. The first-order valence-electron chi connectivity index (χ1n) is 9.38. The largest absolute Gasteiger partial charge is 0.435 e. The number of amides is 4. The summed E-state index contributed by atoms with van der Waals surface area (Å²) in [6.45, 7) is -3.33. The van der Waals surface area contributed by atoms with Gasteiger partial charge in [0.2, 0.25) is 5.91 Å². The van der Waals surface area contributed by atoms with Gasteiger partial charge in [0.1, 0.15) is 17.8 Å². The molecule has 1 saturated carbocycles. The molecule has 0 aromatic heterocycles. The average Bonchev–Trinajstić information content (AvgIpc) is 2.84. The topological polar surface area (TPSA) is 87.7 Å². The molecule has 1 saturated heterocycles. The number of halogens is 2. The quantitative estimate of drug-likeness (QED) is 0.749. The molecule has 0 atom stereocenters. The fourth-order valence-corrected chi connectivity index (χ4v) is 3.73. The molecule has 0 radical (unpaired) electrons. The van der Waals surface area contributed by atoms with Crippen molar-refractivity contribution >= 4 is 23.5 Å². The molecule has 4 amide bonds. The minimum Gasteiger partial charge on any atom is -0.435 e. The van der Waals surface area contributed by atoms with Crippen molar-refractivity contribution in [1.29, 1.82) is 0 Å². The zero-order valence-corrected chi connectivity index (χ0v) is 15.4. The van der Waals surface area contributed by atoms with Crippen LogP contribution < -0.4 is 15.4 Å². The Labute approximate surface area is 161 Å². The second-order valence-electron chi connectivity index (χ2n) is 7.12. The molecule has 0 bridgehead atoms. The van der Waals surface area contributed by atoms with Crippen LogP contribution in [0, 0.1) is 0 Å². The van der Waals surface area contributed by atoms with Gasteiger partial charge < -0.3 is 15.4 Å². The Morgan fingerprint density at radius 1 is 1.11 bits per heavy atom. The minimum atomic E-state index is -2.93.